The first-order valence-electron chi connectivity index (χ1n) is 11.0. The second kappa shape index (κ2) is 15.8. The summed E-state index contributed by atoms with van der Waals surface area (Å²) in [5.41, 5.74) is 0. The molecule has 4 nitrogen and oxygen atoms in total. The monoisotopic (exact) mass is 475 g/mol. The fraction of sp³-hybridized carbons (Fsp3) is 0.652. The van der Waals surface area contributed by atoms with Crippen LogP contribution in [0.5, 0.6) is 0 Å². The van der Waals surface area contributed by atoms with Crippen molar-refractivity contribution in [3.05, 3.63) is 28.2 Å². The summed E-state index contributed by atoms with van der Waals surface area (Å²) in [5.74, 6) is -0.262. The van der Waals surface area contributed by atoms with Gasteiger partial charge in [-0.25, -0.2) is 0 Å². The molecule has 0 aliphatic heterocycles. The average molecular weight is 477 g/mol. The van der Waals surface area contributed by atoms with Crippen LogP contribution in [0.15, 0.2) is 23.1 Å². The first-order chi connectivity index (χ1) is 14.4. The lowest BCUT2D eigenvalue weighted by Gasteiger charge is -2.27. The lowest BCUT2D eigenvalue weighted by Crippen LogP contribution is -2.38. The minimum atomic E-state index is -0.818. The fourth-order valence-electron chi connectivity index (χ4n) is 3.24. The fourth-order valence-corrected chi connectivity index (χ4v) is 4.67. The van der Waals surface area contributed by atoms with Crippen molar-refractivity contribution >= 4 is 46.8 Å². The number of nitrogens with zero attached hydrogens (tertiary/aromatic N) is 1. The van der Waals surface area contributed by atoms with Crippen LogP contribution in [0.3, 0.4) is 0 Å². The highest BCUT2D eigenvalue weighted by Gasteiger charge is 2.24. The Morgan fingerprint density at radius 3 is 2.17 bits per heavy atom. The molecule has 1 unspecified atom stereocenters. The van der Waals surface area contributed by atoms with Crippen LogP contribution in [0, 0.1) is 5.92 Å². The maximum Gasteiger partial charge on any atom is 0.303 e. The van der Waals surface area contributed by atoms with Crippen LogP contribution in [0.1, 0.15) is 71.6 Å². The largest absolute Gasteiger partial charge is 0.481 e. The highest BCUT2D eigenvalue weighted by Crippen LogP contribution is 2.30. The Kier molecular flexibility index (Phi) is 14.3. The van der Waals surface area contributed by atoms with Gasteiger partial charge in [0, 0.05) is 36.1 Å². The first-order valence-corrected chi connectivity index (χ1v) is 12.7. The lowest BCUT2D eigenvalue weighted by atomic mass is 10.0. The zero-order valence-electron chi connectivity index (χ0n) is 18.2. The van der Waals surface area contributed by atoms with E-state index >= 15 is 0 Å². The van der Waals surface area contributed by atoms with Gasteiger partial charge >= 0.3 is 5.97 Å². The summed E-state index contributed by atoms with van der Waals surface area (Å²) < 4.78 is 0. The summed E-state index contributed by atoms with van der Waals surface area (Å²) in [6, 6.07) is 5.47. The number of carbonyl (C=O) groups is 2. The molecule has 0 fully saturated rings. The van der Waals surface area contributed by atoms with Crippen LogP contribution in [0.25, 0.3) is 0 Å². The first kappa shape index (κ1) is 27.1. The molecular weight excluding hydrogens is 441 g/mol. The van der Waals surface area contributed by atoms with E-state index in [1.807, 2.05) is 17.0 Å². The van der Waals surface area contributed by atoms with Gasteiger partial charge in [-0.3, -0.25) is 9.59 Å². The van der Waals surface area contributed by atoms with Crippen molar-refractivity contribution in [3.63, 3.8) is 0 Å². The molecule has 1 atom stereocenters. The third kappa shape index (κ3) is 10.9. The molecule has 0 saturated heterocycles. The van der Waals surface area contributed by atoms with E-state index in [0.29, 0.717) is 28.6 Å². The van der Waals surface area contributed by atoms with Gasteiger partial charge in [0.25, 0.3) is 0 Å². The molecule has 0 aromatic heterocycles. The minimum Gasteiger partial charge on any atom is -0.481 e. The molecule has 0 aliphatic carbocycles. The normalized spacial score (nSPS) is 12.0. The molecule has 0 aliphatic rings. The van der Waals surface area contributed by atoms with Gasteiger partial charge in [0.05, 0.1) is 10.0 Å². The summed E-state index contributed by atoms with van der Waals surface area (Å²) in [4.78, 5) is 27.3. The van der Waals surface area contributed by atoms with Crippen molar-refractivity contribution in [2.45, 2.75) is 76.5 Å². The molecule has 7 heteroatoms. The van der Waals surface area contributed by atoms with E-state index in [2.05, 4.69) is 13.8 Å². The van der Waals surface area contributed by atoms with Gasteiger partial charge in [-0.1, -0.05) is 62.7 Å². The minimum absolute atomic E-state index is 0.0902. The van der Waals surface area contributed by atoms with Gasteiger partial charge in [-0.15, -0.1) is 11.8 Å². The molecule has 0 radical (unpaired) electrons. The molecule has 0 bridgehead atoms. The molecule has 1 rings (SSSR count). The number of aliphatic carboxylic acids is 1. The number of carbonyl (C=O) groups excluding carboxylic acids is 1. The highest BCUT2D eigenvalue weighted by molar-refractivity contribution is 7.99. The van der Waals surface area contributed by atoms with Gasteiger partial charge < -0.3 is 10.0 Å². The van der Waals surface area contributed by atoms with E-state index in [1.54, 1.807) is 17.8 Å². The average Bonchev–Trinajstić information content (AvgIpc) is 2.71. The summed E-state index contributed by atoms with van der Waals surface area (Å²) >= 11 is 13.7. The number of carboxylic acid groups (broad SMARTS) is 1. The SMILES string of the molecule is CCCCCN(CCCCC)C(=O)C(CCCC(=O)O)CSc1ccc(Cl)c(Cl)c1. The Bertz CT molecular complexity index is 647. The number of halogens is 2. The molecule has 0 saturated carbocycles. The number of amides is 1. The number of hydrogen-bond acceptors (Lipinski definition) is 3. The number of rotatable bonds is 16. The maximum atomic E-state index is 13.4. The third-order valence-electron chi connectivity index (χ3n) is 5.01. The third-order valence-corrected chi connectivity index (χ3v) is 6.90. The van der Waals surface area contributed by atoms with Crippen LogP contribution >= 0.6 is 35.0 Å². The van der Waals surface area contributed by atoms with E-state index < -0.39 is 5.97 Å². The predicted octanol–water partition coefficient (Wildman–Crippen LogP) is 7.17. The Balaban J connectivity index is 2.83. The van der Waals surface area contributed by atoms with Gasteiger partial charge in [0.1, 0.15) is 0 Å². The van der Waals surface area contributed by atoms with E-state index in [1.165, 1.54) is 0 Å². The van der Waals surface area contributed by atoms with Crippen molar-refractivity contribution in [2.24, 2.45) is 5.92 Å². The van der Waals surface area contributed by atoms with Crippen LogP contribution < -0.4 is 0 Å². The Hall–Kier alpha value is -0.910. The summed E-state index contributed by atoms with van der Waals surface area (Å²) in [7, 11) is 0. The molecule has 170 valence electrons. The molecule has 1 aromatic carbocycles. The van der Waals surface area contributed by atoms with Gasteiger partial charge in [-0.2, -0.15) is 0 Å². The smallest absolute Gasteiger partial charge is 0.303 e. The van der Waals surface area contributed by atoms with Crippen molar-refractivity contribution in [1.29, 1.82) is 0 Å². The van der Waals surface area contributed by atoms with Crippen LogP contribution in [-0.2, 0) is 9.59 Å². The Labute approximate surface area is 195 Å². The van der Waals surface area contributed by atoms with Crippen LogP contribution in [0.2, 0.25) is 10.0 Å². The van der Waals surface area contributed by atoms with Crippen molar-refractivity contribution < 1.29 is 14.7 Å². The van der Waals surface area contributed by atoms with Crippen molar-refractivity contribution in [2.75, 3.05) is 18.8 Å². The van der Waals surface area contributed by atoms with E-state index in [9.17, 15) is 9.59 Å². The standard InChI is InChI=1S/C23H35Cl2NO3S/c1-3-5-7-14-26(15-8-6-4-2)23(29)18(10-9-11-22(27)28)17-30-19-12-13-20(24)21(25)16-19/h12-13,16,18H,3-11,14-15,17H2,1-2H3,(H,27,28). The van der Waals surface area contributed by atoms with Crippen molar-refractivity contribution in [3.8, 4) is 0 Å². The van der Waals surface area contributed by atoms with Crippen molar-refractivity contribution in [1.82, 2.24) is 4.90 Å². The lowest BCUT2D eigenvalue weighted by molar-refractivity contribution is -0.138. The topological polar surface area (TPSA) is 57.6 Å². The van der Waals surface area contributed by atoms with Gasteiger partial charge in [0.15, 0.2) is 0 Å². The number of carboxylic acids is 1. The summed E-state index contributed by atoms with van der Waals surface area (Å²) in [6.45, 7) is 5.88. The van der Waals surface area contributed by atoms with Gasteiger partial charge in [0.2, 0.25) is 5.91 Å². The molecular formula is C23H35Cl2NO3S. The highest BCUT2D eigenvalue weighted by atomic mass is 35.5. The molecule has 1 N–H and O–H groups in total. The second-order valence-electron chi connectivity index (χ2n) is 7.61. The Morgan fingerprint density at radius 1 is 1.00 bits per heavy atom. The predicted molar refractivity (Wildman–Crippen MR) is 128 cm³/mol. The van der Waals surface area contributed by atoms with E-state index in [-0.39, 0.29) is 18.2 Å². The molecule has 0 heterocycles. The van der Waals surface area contributed by atoms with Crippen LogP contribution in [-0.4, -0.2) is 40.7 Å². The number of unbranched alkanes of at least 4 members (excludes halogenated alkanes) is 4. The van der Waals surface area contributed by atoms with Gasteiger partial charge in [-0.05, 0) is 43.9 Å². The van der Waals surface area contributed by atoms with Crippen LogP contribution in [0.4, 0.5) is 0 Å². The number of thioether (sulfide) groups is 1. The van der Waals surface area contributed by atoms with E-state index in [0.717, 1.165) is 56.5 Å². The second-order valence-corrected chi connectivity index (χ2v) is 9.52. The molecule has 1 amide bonds. The number of hydrogen-bond donors (Lipinski definition) is 1. The zero-order chi connectivity index (χ0) is 22.4. The maximum absolute atomic E-state index is 13.4. The Morgan fingerprint density at radius 2 is 1.63 bits per heavy atom. The number of benzene rings is 1. The van der Waals surface area contributed by atoms with E-state index in [4.69, 9.17) is 28.3 Å². The molecule has 0 spiro atoms. The summed E-state index contributed by atoms with van der Waals surface area (Å²) in [5, 5.41) is 10.0. The molecule has 30 heavy (non-hydrogen) atoms. The molecule has 1 aromatic rings. The quantitative estimate of drug-likeness (QED) is 0.203. The zero-order valence-corrected chi connectivity index (χ0v) is 20.5. The summed E-state index contributed by atoms with van der Waals surface area (Å²) in [6.07, 6.45) is 7.65.